The second-order valence-electron chi connectivity index (χ2n) is 11.9. The van der Waals surface area contributed by atoms with Crippen molar-refractivity contribution in [1.29, 1.82) is 0 Å². The van der Waals surface area contributed by atoms with E-state index in [0.717, 1.165) is 44.9 Å². The molecular formula is C35H66O6. The van der Waals surface area contributed by atoms with Crippen LogP contribution < -0.4 is 0 Å². The molecule has 2 unspecified atom stereocenters. The van der Waals surface area contributed by atoms with Crippen molar-refractivity contribution in [3.05, 3.63) is 0 Å². The molecule has 0 amide bonds. The molecule has 0 aromatic heterocycles. The van der Waals surface area contributed by atoms with Crippen LogP contribution in [-0.2, 0) is 28.6 Å². The Kier molecular flexibility index (Phi) is 28.7. The van der Waals surface area contributed by atoms with Gasteiger partial charge in [-0.05, 0) is 51.9 Å². The fourth-order valence-corrected chi connectivity index (χ4v) is 4.99. The molecule has 0 aromatic carbocycles. The zero-order valence-corrected chi connectivity index (χ0v) is 27.5. The molecule has 0 heterocycles. The summed E-state index contributed by atoms with van der Waals surface area (Å²) in [7, 11) is 0. The van der Waals surface area contributed by atoms with Crippen LogP contribution in [0.1, 0.15) is 188 Å². The van der Waals surface area contributed by atoms with Crippen molar-refractivity contribution >= 4 is 17.9 Å². The number of carbonyl (C=O) groups is 3. The van der Waals surface area contributed by atoms with E-state index < -0.39 is 0 Å². The molecule has 2 atom stereocenters. The van der Waals surface area contributed by atoms with Crippen molar-refractivity contribution in [3.8, 4) is 0 Å². The Bertz CT molecular complexity index is 620. The number of hydrogen-bond donors (Lipinski definition) is 0. The second-order valence-corrected chi connectivity index (χ2v) is 11.9. The molecule has 0 saturated heterocycles. The van der Waals surface area contributed by atoms with Gasteiger partial charge in [0, 0.05) is 19.3 Å². The molecule has 6 nitrogen and oxygen atoms in total. The van der Waals surface area contributed by atoms with Gasteiger partial charge in [-0.15, -0.1) is 0 Å². The van der Waals surface area contributed by atoms with Gasteiger partial charge in [0.25, 0.3) is 0 Å². The molecule has 0 aliphatic heterocycles. The Morgan fingerprint density at radius 3 is 1.37 bits per heavy atom. The maximum Gasteiger partial charge on any atom is 0.306 e. The first-order chi connectivity index (χ1) is 19.9. The highest BCUT2D eigenvalue weighted by atomic mass is 16.6. The average Bonchev–Trinajstić information content (AvgIpc) is 2.95. The van der Waals surface area contributed by atoms with Crippen LogP contribution >= 0.6 is 0 Å². The van der Waals surface area contributed by atoms with Crippen LogP contribution in [0.5, 0.6) is 0 Å². The van der Waals surface area contributed by atoms with Gasteiger partial charge in [0.2, 0.25) is 0 Å². The third kappa shape index (κ3) is 28.3. The maximum absolute atomic E-state index is 12.5. The van der Waals surface area contributed by atoms with Gasteiger partial charge in [-0.3, -0.25) is 14.4 Å². The van der Waals surface area contributed by atoms with E-state index in [1.807, 2.05) is 6.92 Å². The van der Waals surface area contributed by atoms with E-state index in [9.17, 15) is 14.4 Å². The number of esters is 3. The normalized spacial score (nSPS) is 12.6. The van der Waals surface area contributed by atoms with E-state index >= 15 is 0 Å². The first kappa shape index (κ1) is 39.4. The van der Waals surface area contributed by atoms with Crippen molar-refractivity contribution in [2.75, 3.05) is 6.61 Å². The second kappa shape index (κ2) is 29.9. The maximum atomic E-state index is 12.5. The molecule has 0 fully saturated rings. The lowest BCUT2D eigenvalue weighted by atomic mass is 10.1. The summed E-state index contributed by atoms with van der Waals surface area (Å²) in [5, 5.41) is 0. The molecule has 0 aromatic rings. The molecule has 0 spiro atoms. The van der Waals surface area contributed by atoms with E-state index in [4.69, 9.17) is 14.2 Å². The molecule has 0 radical (unpaired) electrons. The Balaban J connectivity index is 4.42. The standard InChI is InChI=1S/C35H66O6/c1-5-8-11-14-17-20-25-33(36)39-30-23-24-32(41-35(38)27-22-19-16-13-10-7-3)29-28-31(4)40-34(37)26-21-18-15-12-9-6-2/h31-32H,5-30H2,1-4H3. The minimum absolute atomic E-state index is 0.136. The summed E-state index contributed by atoms with van der Waals surface area (Å²) >= 11 is 0. The Hall–Kier alpha value is -1.59. The Morgan fingerprint density at radius 2 is 0.878 bits per heavy atom. The summed E-state index contributed by atoms with van der Waals surface area (Å²) in [6.45, 7) is 8.87. The number of unbranched alkanes of at least 4 members (excludes halogenated alkanes) is 15. The first-order valence-corrected chi connectivity index (χ1v) is 17.5. The molecule has 242 valence electrons. The smallest absolute Gasteiger partial charge is 0.306 e. The number of ether oxygens (including phenoxy) is 3. The monoisotopic (exact) mass is 582 g/mol. The highest BCUT2D eigenvalue weighted by Gasteiger charge is 2.18. The molecule has 0 saturated carbocycles. The molecular weight excluding hydrogens is 516 g/mol. The van der Waals surface area contributed by atoms with Crippen LogP contribution in [0.2, 0.25) is 0 Å². The average molecular weight is 583 g/mol. The SMILES string of the molecule is CCCCCCCCC(=O)OCCCC(CCC(C)OC(=O)CCCCCCCC)OC(=O)CCCCCCCC. The highest BCUT2D eigenvalue weighted by molar-refractivity contribution is 5.70. The van der Waals surface area contributed by atoms with Crippen molar-refractivity contribution in [3.63, 3.8) is 0 Å². The van der Waals surface area contributed by atoms with Crippen LogP contribution in [0.4, 0.5) is 0 Å². The minimum atomic E-state index is -0.250. The van der Waals surface area contributed by atoms with Gasteiger partial charge < -0.3 is 14.2 Å². The van der Waals surface area contributed by atoms with E-state index in [-0.39, 0.29) is 30.1 Å². The van der Waals surface area contributed by atoms with Gasteiger partial charge in [-0.1, -0.05) is 117 Å². The van der Waals surface area contributed by atoms with Crippen molar-refractivity contribution < 1.29 is 28.6 Å². The zero-order chi connectivity index (χ0) is 30.4. The molecule has 41 heavy (non-hydrogen) atoms. The fourth-order valence-electron chi connectivity index (χ4n) is 4.99. The Morgan fingerprint density at radius 1 is 0.463 bits per heavy atom. The van der Waals surface area contributed by atoms with Crippen molar-refractivity contribution in [2.45, 2.75) is 200 Å². The lowest BCUT2D eigenvalue weighted by molar-refractivity contribution is -0.153. The third-order valence-electron chi connectivity index (χ3n) is 7.66. The molecule has 0 N–H and O–H groups in total. The van der Waals surface area contributed by atoms with Gasteiger partial charge >= 0.3 is 17.9 Å². The topological polar surface area (TPSA) is 78.9 Å². The van der Waals surface area contributed by atoms with Crippen molar-refractivity contribution in [2.24, 2.45) is 0 Å². The number of hydrogen-bond acceptors (Lipinski definition) is 6. The van der Waals surface area contributed by atoms with E-state index in [1.165, 1.54) is 70.6 Å². The lowest BCUT2D eigenvalue weighted by Crippen LogP contribution is -2.22. The molecule has 0 bridgehead atoms. The van der Waals surface area contributed by atoms with E-state index in [0.29, 0.717) is 51.6 Å². The van der Waals surface area contributed by atoms with Crippen molar-refractivity contribution in [1.82, 2.24) is 0 Å². The van der Waals surface area contributed by atoms with Gasteiger partial charge in [-0.25, -0.2) is 0 Å². The predicted octanol–water partition coefficient (Wildman–Crippen LogP) is 10.2. The van der Waals surface area contributed by atoms with Gasteiger partial charge in [0.05, 0.1) is 12.7 Å². The minimum Gasteiger partial charge on any atom is -0.466 e. The summed E-state index contributed by atoms with van der Waals surface area (Å²) in [4.78, 5) is 36.8. The van der Waals surface area contributed by atoms with Crippen LogP contribution in [-0.4, -0.2) is 36.7 Å². The summed E-state index contributed by atoms with van der Waals surface area (Å²) in [5.74, 6) is -0.428. The lowest BCUT2D eigenvalue weighted by Gasteiger charge is -2.20. The van der Waals surface area contributed by atoms with E-state index in [2.05, 4.69) is 20.8 Å². The van der Waals surface area contributed by atoms with Gasteiger partial charge in [0.1, 0.15) is 6.10 Å². The number of carbonyl (C=O) groups excluding carboxylic acids is 3. The summed E-state index contributed by atoms with van der Waals surface area (Å²) < 4.78 is 16.9. The van der Waals surface area contributed by atoms with Crippen LogP contribution in [0.15, 0.2) is 0 Å². The quantitative estimate of drug-likeness (QED) is 0.0476. The summed E-state index contributed by atoms with van der Waals surface area (Å²) in [6, 6.07) is 0. The molecule has 0 rings (SSSR count). The third-order valence-corrected chi connectivity index (χ3v) is 7.66. The van der Waals surface area contributed by atoms with Gasteiger partial charge in [0.15, 0.2) is 0 Å². The first-order valence-electron chi connectivity index (χ1n) is 17.5. The van der Waals surface area contributed by atoms with Crippen LogP contribution in [0.3, 0.4) is 0 Å². The molecule has 6 heteroatoms. The Labute approximate surface area is 253 Å². The van der Waals surface area contributed by atoms with E-state index in [1.54, 1.807) is 0 Å². The number of rotatable bonds is 30. The summed E-state index contributed by atoms with van der Waals surface area (Å²) in [5.41, 5.74) is 0. The predicted molar refractivity (Wildman–Crippen MR) is 169 cm³/mol. The zero-order valence-electron chi connectivity index (χ0n) is 27.5. The highest BCUT2D eigenvalue weighted by Crippen LogP contribution is 2.17. The van der Waals surface area contributed by atoms with Gasteiger partial charge in [-0.2, -0.15) is 0 Å². The molecule has 0 aliphatic carbocycles. The van der Waals surface area contributed by atoms with Crippen LogP contribution in [0, 0.1) is 0 Å². The fraction of sp³-hybridized carbons (Fsp3) is 0.914. The largest absolute Gasteiger partial charge is 0.466 e. The molecule has 0 aliphatic rings. The summed E-state index contributed by atoms with van der Waals surface area (Å²) in [6.07, 6.45) is 24.0. The van der Waals surface area contributed by atoms with Crippen LogP contribution in [0.25, 0.3) is 0 Å².